The number of carbonyl (C=O) groups excluding carboxylic acids is 1. The fourth-order valence-electron chi connectivity index (χ4n) is 4.97. The summed E-state index contributed by atoms with van der Waals surface area (Å²) in [4.78, 5) is 17.3. The van der Waals surface area contributed by atoms with Gasteiger partial charge in [-0.1, -0.05) is 52.9 Å². The lowest BCUT2D eigenvalue weighted by atomic mass is 9.86. The van der Waals surface area contributed by atoms with Gasteiger partial charge in [0.2, 0.25) is 5.91 Å². The summed E-state index contributed by atoms with van der Waals surface area (Å²) in [6.07, 6.45) is 7.37. The Labute approximate surface area is 188 Å². The first kappa shape index (κ1) is 26.5. The number of unbranched alkanes of at least 4 members (excludes halogenated alkanes) is 3. The summed E-state index contributed by atoms with van der Waals surface area (Å²) >= 11 is 0. The first-order chi connectivity index (χ1) is 14.7. The highest BCUT2D eigenvalue weighted by Crippen LogP contribution is 2.30. The van der Waals surface area contributed by atoms with Crippen molar-refractivity contribution in [1.82, 2.24) is 9.80 Å². The van der Waals surface area contributed by atoms with E-state index in [4.69, 9.17) is 0 Å². The molecule has 0 aromatic heterocycles. The van der Waals surface area contributed by atoms with Crippen molar-refractivity contribution in [1.29, 1.82) is 0 Å². The predicted octanol–water partition coefficient (Wildman–Crippen LogP) is 1.90. The molecule has 1 amide bonds. The fourth-order valence-corrected chi connectivity index (χ4v) is 4.97. The van der Waals surface area contributed by atoms with Crippen LogP contribution in [0.1, 0.15) is 85.0 Å². The molecule has 1 aliphatic heterocycles. The zero-order chi connectivity index (χ0) is 23.0. The number of piperidine rings is 1. The van der Waals surface area contributed by atoms with Gasteiger partial charge in [0.25, 0.3) is 0 Å². The van der Waals surface area contributed by atoms with Gasteiger partial charge in [0, 0.05) is 24.5 Å². The monoisotopic (exact) mass is 442 g/mol. The van der Waals surface area contributed by atoms with Crippen LogP contribution in [-0.4, -0.2) is 92.8 Å². The maximum Gasteiger partial charge on any atom is 0.228 e. The normalized spacial score (nSPS) is 28.6. The quantitative estimate of drug-likeness (QED) is 0.364. The molecule has 2 rings (SSSR count). The van der Waals surface area contributed by atoms with Crippen LogP contribution in [0.25, 0.3) is 0 Å². The number of β-amino-alcohol motifs (C(OH)–C–C–N with tert-alkyl or cyclic N) is 1. The third kappa shape index (κ3) is 7.13. The van der Waals surface area contributed by atoms with Crippen molar-refractivity contribution in [3.63, 3.8) is 0 Å². The van der Waals surface area contributed by atoms with Gasteiger partial charge < -0.3 is 25.3 Å². The van der Waals surface area contributed by atoms with Crippen LogP contribution in [0.5, 0.6) is 0 Å². The average Bonchev–Trinajstić information content (AvgIpc) is 2.77. The van der Waals surface area contributed by atoms with Gasteiger partial charge in [0.1, 0.15) is 12.2 Å². The molecular weight excluding hydrogens is 396 g/mol. The molecule has 1 heterocycles. The molecule has 7 heteroatoms. The smallest absolute Gasteiger partial charge is 0.228 e. The number of carbonyl (C=O) groups is 1. The summed E-state index contributed by atoms with van der Waals surface area (Å²) < 4.78 is 0. The van der Waals surface area contributed by atoms with E-state index in [-0.39, 0.29) is 18.6 Å². The molecule has 0 radical (unpaired) electrons. The third-order valence-corrected chi connectivity index (χ3v) is 7.55. The Bertz CT molecular complexity index is 538. The third-order valence-electron chi connectivity index (χ3n) is 7.55. The van der Waals surface area contributed by atoms with E-state index < -0.39 is 24.4 Å². The SMILES string of the molecule is CCC(C)(C)C(=O)N(CCCCCCN1C[C@H](O)[C@@H](O)[C@H](O)[C@H]1CO)C1CCCCC1. The van der Waals surface area contributed by atoms with Crippen LogP contribution in [0.3, 0.4) is 0 Å². The molecule has 7 nitrogen and oxygen atoms in total. The van der Waals surface area contributed by atoms with Gasteiger partial charge in [-0.25, -0.2) is 0 Å². The Balaban J connectivity index is 1.78. The number of aliphatic hydroxyl groups is 4. The van der Waals surface area contributed by atoms with Gasteiger partial charge in [0.15, 0.2) is 0 Å². The first-order valence-electron chi connectivity index (χ1n) is 12.4. The van der Waals surface area contributed by atoms with E-state index >= 15 is 0 Å². The molecule has 1 aliphatic carbocycles. The van der Waals surface area contributed by atoms with E-state index in [1.807, 2.05) is 4.90 Å². The van der Waals surface area contributed by atoms with Gasteiger partial charge in [-0.3, -0.25) is 9.69 Å². The second kappa shape index (κ2) is 12.5. The molecule has 4 atom stereocenters. The van der Waals surface area contributed by atoms with Gasteiger partial charge in [-0.15, -0.1) is 0 Å². The van der Waals surface area contributed by atoms with E-state index in [0.717, 1.165) is 51.5 Å². The summed E-state index contributed by atoms with van der Waals surface area (Å²) in [5.74, 6) is 0.294. The molecule has 0 aromatic rings. The van der Waals surface area contributed by atoms with E-state index in [2.05, 4.69) is 25.7 Å². The fraction of sp³-hybridized carbons (Fsp3) is 0.958. The van der Waals surface area contributed by atoms with Gasteiger partial charge in [-0.05, 0) is 38.6 Å². The molecule has 0 unspecified atom stereocenters. The Morgan fingerprint density at radius 3 is 2.26 bits per heavy atom. The van der Waals surface area contributed by atoms with Gasteiger partial charge >= 0.3 is 0 Å². The number of aliphatic hydroxyl groups excluding tert-OH is 4. The highest BCUT2D eigenvalue weighted by atomic mass is 16.4. The van der Waals surface area contributed by atoms with Crippen LogP contribution in [0, 0.1) is 5.41 Å². The lowest BCUT2D eigenvalue weighted by Crippen LogP contribution is -2.62. The largest absolute Gasteiger partial charge is 0.395 e. The van der Waals surface area contributed by atoms with Crippen LogP contribution in [0.2, 0.25) is 0 Å². The van der Waals surface area contributed by atoms with Crippen molar-refractivity contribution in [3.8, 4) is 0 Å². The van der Waals surface area contributed by atoms with E-state index in [1.54, 1.807) is 0 Å². The first-order valence-corrected chi connectivity index (χ1v) is 12.4. The Morgan fingerprint density at radius 1 is 1.00 bits per heavy atom. The average molecular weight is 443 g/mol. The standard InChI is InChI=1S/C24H46N2O5/c1-4-24(2,3)23(31)26(18-12-8-7-9-13-18)15-11-6-5-10-14-25-16-20(28)22(30)21(29)19(25)17-27/h18-22,27-30H,4-17H2,1-3H3/t19-,20+,21-,22-/m1/s1. The van der Waals surface area contributed by atoms with E-state index in [9.17, 15) is 25.2 Å². The molecular formula is C24H46N2O5. The minimum absolute atomic E-state index is 0.239. The van der Waals surface area contributed by atoms with Gasteiger partial charge in [-0.2, -0.15) is 0 Å². The minimum atomic E-state index is -1.20. The van der Waals surface area contributed by atoms with Crippen molar-refractivity contribution in [2.45, 2.75) is 115 Å². The van der Waals surface area contributed by atoms with Crippen LogP contribution in [-0.2, 0) is 4.79 Å². The van der Waals surface area contributed by atoms with Gasteiger partial charge in [0.05, 0.1) is 18.8 Å². The minimum Gasteiger partial charge on any atom is -0.395 e. The predicted molar refractivity (Wildman–Crippen MR) is 122 cm³/mol. The molecule has 1 saturated heterocycles. The number of hydrogen-bond acceptors (Lipinski definition) is 6. The Morgan fingerprint density at radius 2 is 1.65 bits per heavy atom. The molecule has 4 N–H and O–H groups in total. The van der Waals surface area contributed by atoms with Crippen molar-refractivity contribution in [2.75, 3.05) is 26.2 Å². The highest BCUT2D eigenvalue weighted by Gasteiger charge is 2.40. The summed E-state index contributed by atoms with van der Waals surface area (Å²) in [5, 5.41) is 39.4. The topological polar surface area (TPSA) is 104 Å². The Hall–Kier alpha value is -0.730. The summed E-state index contributed by atoms with van der Waals surface area (Å²) in [7, 11) is 0. The highest BCUT2D eigenvalue weighted by molar-refractivity contribution is 5.82. The molecule has 1 saturated carbocycles. The summed E-state index contributed by atoms with van der Waals surface area (Å²) in [6.45, 7) is 7.71. The number of rotatable bonds is 11. The van der Waals surface area contributed by atoms with Crippen LogP contribution in [0.15, 0.2) is 0 Å². The number of amides is 1. The molecule has 0 bridgehead atoms. The molecule has 0 aromatic carbocycles. The van der Waals surface area contributed by atoms with Crippen LogP contribution < -0.4 is 0 Å². The maximum absolute atomic E-state index is 13.2. The zero-order valence-corrected chi connectivity index (χ0v) is 19.9. The molecule has 2 fully saturated rings. The van der Waals surface area contributed by atoms with Crippen LogP contribution in [0.4, 0.5) is 0 Å². The van der Waals surface area contributed by atoms with Crippen molar-refractivity contribution < 1.29 is 25.2 Å². The summed E-state index contributed by atoms with van der Waals surface area (Å²) in [6, 6.07) is -0.144. The second-order valence-electron chi connectivity index (χ2n) is 10.2. The number of nitrogens with zero attached hydrogens (tertiary/aromatic N) is 2. The maximum atomic E-state index is 13.2. The lowest BCUT2D eigenvalue weighted by molar-refractivity contribution is -0.145. The molecule has 2 aliphatic rings. The van der Waals surface area contributed by atoms with Crippen molar-refractivity contribution in [3.05, 3.63) is 0 Å². The number of hydrogen-bond donors (Lipinski definition) is 4. The molecule has 0 spiro atoms. The van der Waals surface area contributed by atoms with Crippen LogP contribution >= 0.6 is 0 Å². The zero-order valence-electron chi connectivity index (χ0n) is 19.9. The number of likely N-dealkylation sites (tertiary alicyclic amines) is 1. The summed E-state index contributed by atoms with van der Waals surface area (Å²) in [5.41, 5.74) is -0.308. The molecule has 31 heavy (non-hydrogen) atoms. The van der Waals surface area contributed by atoms with E-state index in [1.165, 1.54) is 19.3 Å². The Kier molecular flexibility index (Phi) is 10.7. The van der Waals surface area contributed by atoms with E-state index in [0.29, 0.717) is 18.5 Å². The lowest BCUT2D eigenvalue weighted by Gasteiger charge is -2.43. The van der Waals surface area contributed by atoms with Crippen molar-refractivity contribution in [2.24, 2.45) is 5.41 Å². The second-order valence-corrected chi connectivity index (χ2v) is 10.2. The van der Waals surface area contributed by atoms with Crippen molar-refractivity contribution >= 4 is 5.91 Å². The molecule has 182 valence electrons.